The molecule has 330 valence electrons. The van der Waals surface area contributed by atoms with Gasteiger partial charge in [0.2, 0.25) is 11.6 Å². The van der Waals surface area contributed by atoms with E-state index in [2.05, 4.69) is 0 Å². The van der Waals surface area contributed by atoms with Gasteiger partial charge in [-0.05, 0) is 60.1 Å². The third-order valence-electron chi connectivity index (χ3n) is 12.0. The summed E-state index contributed by atoms with van der Waals surface area (Å²) in [6.45, 7) is -0.154. The minimum absolute atomic E-state index is 0.0496. The number of fused-ring (bicyclic) bond motifs is 9. The minimum Gasteiger partial charge on any atom is -0.444 e. The fourth-order valence-corrected chi connectivity index (χ4v) is 12.6. The van der Waals surface area contributed by atoms with Gasteiger partial charge in [0.25, 0.3) is 0 Å². The lowest BCUT2D eigenvalue weighted by Crippen LogP contribution is -2.16. The van der Waals surface area contributed by atoms with Crippen molar-refractivity contribution < 1.29 is 28.7 Å². The zero-order valence-electron chi connectivity index (χ0n) is 35.7. The first-order chi connectivity index (χ1) is 33.7. The Labute approximate surface area is 402 Å². The summed E-state index contributed by atoms with van der Waals surface area (Å²) in [6, 6.07) is 29.3. The number of allylic oxidation sites excluding steroid dienone is 12. The summed E-state index contributed by atoms with van der Waals surface area (Å²) in [6.07, 6.45) is 8.21. The molecular formula is C52H28N8O6S3. The van der Waals surface area contributed by atoms with E-state index in [9.17, 15) is 40.2 Å². The molecule has 4 aliphatic carbocycles. The largest absolute Gasteiger partial charge is 0.444 e. The Kier molecular flexibility index (Phi) is 10.6. The van der Waals surface area contributed by atoms with Crippen LogP contribution in [0.25, 0.3) is 40.9 Å². The van der Waals surface area contributed by atoms with Gasteiger partial charge < -0.3 is 9.47 Å². The summed E-state index contributed by atoms with van der Waals surface area (Å²) in [5, 5.41) is 40.5. The highest BCUT2D eigenvalue weighted by Crippen LogP contribution is 2.52. The Balaban J connectivity index is 1.14. The summed E-state index contributed by atoms with van der Waals surface area (Å²) in [7, 11) is 0. The third kappa shape index (κ3) is 6.92. The number of nitriles is 4. The van der Waals surface area contributed by atoms with Crippen LogP contribution in [0.15, 0.2) is 152 Å². The molecule has 11 rings (SSSR count). The zero-order valence-corrected chi connectivity index (χ0v) is 38.2. The summed E-state index contributed by atoms with van der Waals surface area (Å²) >= 11 is 3.67. The molecule has 5 aromatic heterocycles. The molecule has 17 heteroatoms. The van der Waals surface area contributed by atoms with Crippen LogP contribution >= 0.6 is 34.0 Å². The molecule has 69 heavy (non-hydrogen) atoms. The molecule has 0 spiro atoms. The van der Waals surface area contributed by atoms with Gasteiger partial charge in [-0.3, -0.25) is 9.59 Å². The number of hydrogen-bond acceptors (Lipinski definition) is 15. The van der Waals surface area contributed by atoms with Gasteiger partial charge in [0.15, 0.2) is 0 Å². The molecule has 5 heterocycles. The quantitative estimate of drug-likeness (QED) is 0.144. The van der Waals surface area contributed by atoms with E-state index < -0.39 is 23.8 Å². The van der Waals surface area contributed by atoms with Gasteiger partial charge in [-0.15, -0.1) is 34.0 Å². The van der Waals surface area contributed by atoms with Gasteiger partial charge >= 0.3 is 12.2 Å². The van der Waals surface area contributed by atoms with E-state index >= 15 is 0 Å². The molecule has 0 radical (unpaired) electrons. The molecular weight excluding hydrogens is 929 g/mol. The number of thiophene rings is 3. The molecule has 0 unspecified atom stereocenters. The van der Waals surface area contributed by atoms with Crippen LogP contribution in [0.2, 0.25) is 0 Å². The molecule has 0 N–H and O–H groups in total. The average Bonchev–Trinajstić information content (AvgIpc) is 4.25. The number of rotatable bonds is 6. The highest BCUT2D eigenvalue weighted by molar-refractivity contribution is 7.35. The number of benzene rings is 2. The zero-order chi connectivity index (χ0) is 47.5. The lowest BCUT2D eigenvalue weighted by molar-refractivity contribution is -0.110. The summed E-state index contributed by atoms with van der Waals surface area (Å²) in [4.78, 5) is 66.7. The Morgan fingerprint density at radius 2 is 0.913 bits per heavy atom. The smallest absolute Gasteiger partial charge is 0.419 e. The molecule has 2 fully saturated rings. The SMILES string of the molecule is N#CC(C#N)=C1C2=CCCC=C2C(=O)/C1=N\c1cc2c(s1)c1sc3c4sc(/N=C5/C(=O)C6=CCCC=C6C5=C(C#N)C#N)cc4n(C(=O)OCc4ccccc4)c3c1n2C(=O)OCc1ccccc1. The number of carbonyl (C=O) groups is 4. The van der Waals surface area contributed by atoms with Crippen LogP contribution < -0.4 is 0 Å². The number of ketones is 2. The third-order valence-corrected chi connectivity index (χ3v) is 15.5. The molecule has 0 atom stereocenters. The van der Waals surface area contributed by atoms with Crippen molar-refractivity contribution in [2.75, 3.05) is 0 Å². The van der Waals surface area contributed by atoms with E-state index in [4.69, 9.17) is 19.5 Å². The van der Waals surface area contributed by atoms with Crippen LogP contribution in [0.4, 0.5) is 19.6 Å². The maximum atomic E-state index is 14.6. The molecule has 2 aromatic carbocycles. The molecule has 0 amide bonds. The van der Waals surface area contributed by atoms with Crippen molar-refractivity contribution in [2.45, 2.75) is 38.9 Å². The van der Waals surface area contributed by atoms with Crippen molar-refractivity contribution in [3.05, 3.63) is 153 Å². The molecule has 2 saturated carbocycles. The van der Waals surface area contributed by atoms with Crippen molar-refractivity contribution in [1.82, 2.24) is 9.13 Å². The van der Waals surface area contributed by atoms with Gasteiger partial charge in [-0.2, -0.15) is 21.0 Å². The van der Waals surface area contributed by atoms with Gasteiger partial charge in [0, 0.05) is 22.3 Å². The van der Waals surface area contributed by atoms with Gasteiger partial charge in [-0.25, -0.2) is 28.7 Å². The monoisotopic (exact) mass is 956 g/mol. The first kappa shape index (κ1) is 42.8. The number of carbonyl (C=O) groups excluding carboxylic acids is 4. The van der Waals surface area contributed by atoms with E-state index in [-0.39, 0.29) is 46.9 Å². The van der Waals surface area contributed by atoms with Gasteiger partial charge in [0.1, 0.15) is 70.1 Å². The normalized spacial score (nSPS) is 16.5. The maximum absolute atomic E-state index is 14.6. The first-order valence-electron chi connectivity index (χ1n) is 21.4. The summed E-state index contributed by atoms with van der Waals surface area (Å²) < 4.78 is 17.1. The second-order valence-electron chi connectivity index (χ2n) is 16.0. The Hall–Kier alpha value is -8.84. The topological polar surface area (TPSA) is 216 Å². The van der Waals surface area contributed by atoms with Crippen LogP contribution in [0.5, 0.6) is 0 Å². The second-order valence-corrected chi connectivity index (χ2v) is 19.0. The van der Waals surface area contributed by atoms with Crippen LogP contribution in [-0.4, -0.2) is 44.3 Å². The molecule has 4 aliphatic rings. The predicted octanol–water partition coefficient (Wildman–Crippen LogP) is 11.7. The van der Waals surface area contributed by atoms with Crippen molar-refractivity contribution >= 4 is 120 Å². The van der Waals surface area contributed by atoms with Gasteiger partial charge in [-0.1, -0.05) is 85.0 Å². The fraction of sp³-hybridized carbons (Fsp3) is 0.115. The number of aromatic nitrogens is 2. The average molecular weight is 957 g/mol. The second kappa shape index (κ2) is 17.1. The number of ether oxygens (including phenoxy) is 2. The van der Waals surface area contributed by atoms with E-state index in [1.807, 2.05) is 97.1 Å². The minimum atomic E-state index is -0.763. The lowest BCUT2D eigenvalue weighted by Gasteiger charge is -2.10. The summed E-state index contributed by atoms with van der Waals surface area (Å²) in [5.74, 6) is -0.829. The number of aliphatic imine (C=N–C) groups is 2. The van der Waals surface area contributed by atoms with Crippen LogP contribution in [-0.2, 0) is 32.3 Å². The predicted molar refractivity (Wildman–Crippen MR) is 262 cm³/mol. The molecule has 14 nitrogen and oxygen atoms in total. The van der Waals surface area contributed by atoms with E-state index in [0.29, 0.717) is 98.8 Å². The Bertz CT molecular complexity index is 3670. The maximum Gasteiger partial charge on any atom is 0.419 e. The van der Waals surface area contributed by atoms with Gasteiger partial charge in [0.05, 0.1) is 40.9 Å². The van der Waals surface area contributed by atoms with E-state index in [0.717, 1.165) is 11.1 Å². The highest BCUT2D eigenvalue weighted by Gasteiger charge is 2.40. The van der Waals surface area contributed by atoms with Crippen molar-refractivity contribution in [2.24, 2.45) is 9.98 Å². The van der Waals surface area contributed by atoms with Crippen LogP contribution in [0.3, 0.4) is 0 Å². The molecule has 7 aromatic rings. The van der Waals surface area contributed by atoms with Crippen molar-refractivity contribution in [3.8, 4) is 24.3 Å². The van der Waals surface area contributed by atoms with Crippen molar-refractivity contribution in [1.29, 1.82) is 21.0 Å². The molecule has 0 saturated heterocycles. The van der Waals surface area contributed by atoms with Crippen molar-refractivity contribution in [3.63, 3.8) is 0 Å². The fourth-order valence-electron chi connectivity index (χ4n) is 9.03. The number of Topliss-reactive ketones (excluding diaryl/α,β-unsaturated/α-hetero) is 2. The first-order valence-corrected chi connectivity index (χ1v) is 23.8. The van der Waals surface area contributed by atoms with Crippen LogP contribution in [0.1, 0.15) is 36.8 Å². The molecule has 0 bridgehead atoms. The highest BCUT2D eigenvalue weighted by atomic mass is 32.1. The number of hydrogen-bond donors (Lipinski definition) is 0. The Morgan fingerprint density at radius 1 is 0.536 bits per heavy atom. The van der Waals surface area contributed by atoms with Crippen LogP contribution in [0, 0.1) is 45.3 Å². The van der Waals surface area contributed by atoms with E-state index in [1.165, 1.54) is 43.1 Å². The molecule has 0 aliphatic heterocycles. The van der Waals surface area contributed by atoms with E-state index in [1.54, 1.807) is 24.3 Å². The number of nitrogens with zero attached hydrogens (tertiary/aromatic N) is 8. The summed E-state index contributed by atoms with van der Waals surface area (Å²) in [5.41, 5.74) is 4.44. The Morgan fingerprint density at radius 3 is 1.29 bits per heavy atom. The standard InChI is InChI=1S/C52H28N8O6S3/c53-21-29(22-54)39-31-15-7-9-17-33(31)45(61)41(39)57-37-19-35-47(67-37)49-43(59(35)51(63)65-25-27-11-3-1-4-12-27)44-50(69-49)48-36(60(44)52(64)66-26-28-13-5-2-6-14-28)20-38(68-48)58-42-40(30(23-55)24-56)32-16-8-10-18-34(32)46(42)62/h1-6,11-20H,7-10,25-26H2/b57-41-,58-42+. The lowest BCUT2D eigenvalue weighted by atomic mass is 9.96.